The third kappa shape index (κ3) is 5.53. The Morgan fingerprint density at radius 3 is 2.74 bits per heavy atom. The lowest BCUT2D eigenvalue weighted by molar-refractivity contribution is -0.126. The quantitative estimate of drug-likeness (QED) is 0.854. The van der Waals surface area contributed by atoms with Crippen molar-refractivity contribution in [1.29, 1.82) is 0 Å². The van der Waals surface area contributed by atoms with E-state index in [9.17, 15) is 9.59 Å². The molecule has 2 heterocycles. The van der Waals surface area contributed by atoms with Crippen molar-refractivity contribution >= 4 is 11.8 Å². The molecule has 1 unspecified atom stereocenters. The number of carbonyl (C=O) groups excluding carboxylic acids is 2. The Morgan fingerprint density at radius 2 is 2.00 bits per heavy atom. The number of hydrogen-bond acceptors (Lipinski definition) is 4. The zero-order valence-electron chi connectivity index (χ0n) is 16.4. The fourth-order valence-corrected chi connectivity index (χ4v) is 3.93. The maximum Gasteiger partial charge on any atom is 0.253 e. The van der Waals surface area contributed by atoms with Crippen LogP contribution >= 0.6 is 0 Å². The number of likely N-dealkylation sites (tertiary alicyclic amines) is 1. The van der Waals surface area contributed by atoms with Crippen LogP contribution in [0.1, 0.15) is 37.0 Å². The van der Waals surface area contributed by atoms with E-state index < -0.39 is 0 Å². The van der Waals surface area contributed by atoms with Gasteiger partial charge in [-0.3, -0.25) is 14.5 Å². The maximum atomic E-state index is 12.6. The van der Waals surface area contributed by atoms with Crippen molar-refractivity contribution < 1.29 is 14.3 Å². The van der Waals surface area contributed by atoms with Gasteiger partial charge in [0.25, 0.3) is 5.91 Å². The number of ether oxygens (including phenoxy) is 1. The molecule has 0 bridgehead atoms. The summed E-state index contributed by atoms with van der Waals surface area (Å²) < 4.78 is 5.72. The summed E-state index contributed by atoms with van der Waals surface area (Å²) in [6.07, 6.45) is 1.71. The second kappa shape index (κ2) is 8.85. The molecule has 27 heavy (non-hydrogen) atoms. The van der Waals surface area contributed by atoms with Crippen molar-refractivity contribution in [3.63, 3.8) is 0 Å². The van der Waals surface area contributed by atoms with E-state index in [1.807, 2.05) is 35.2 Å². The molecule has 0 spiro atoms. The van der Waals surface area contributed by atoms with Crippen LogP contribution < -0.4 is 5.32 Å². The first-order chi connectivity index (χ1) is 12.9. The molecule has 1 aromatic carbocycles. The number of amides is 2. The Morgan fingerprint density at radius 1 is 1.22 bits per heavy atom. The first kappa shape index (κ1) is 19.8. The van der Waals surface area contributed by atoms with E-state index in [-0.39, 0.29) is 23.3 Å². The molecule has 148 valence electrons. The zero-order chi connectivity index (χ0) is 19.3. The molecule has 0 saturated carbocycles. The van der Waals surface area contributed by atoms with Crippen LogP contribution in [0, 0.1) is 5.92 Å². The van der Waals surface area contributed by atoms with Crippen LogP contribution in [0.2, 0.25) is 0 Å². The molecular weight excluding hydrogens is 342 g/mol. The van der Waals surface area contributed by atoms with E-state index in [0.717, 1.165) is 45.6 Å². The van der Waals surface area contributed by atoms with Crippen molar-refractivity contribution in [3.8, 4) is 0 Å². The lowest BCUT2D eigenvalue weighted by Crippen LogP contribution is -2.51. The molecule has 2 fully saturated rings. The normalized spacial score (nSPS) is 23.0. The highest BCUT2D eigenvalue weighted by molar-refractivity contribution is 5.94. The topological polar surface area (TPSA) is 61.9 Å². The van der Waals surface area contributed by atoms with Gasteiger partial charge in [0.1, 0.15) is 0 Å². The van der Waals surface area contributed by atoms with Crippen LogP contribution in [0.4, 0.5) is 0 Å². The van der Waals surface area contributed by atoms with E-state index in [1.54, 1.807) is 0 Å². The Hall–Kier alpha value is -1.92. The second-order valence-corrected chi connectivity index (χ2v) is 8.13. The Labute approximate surface area is 161 Å². The fraction of sp³-hybridized carbons (Fsp3) is 0.619. The molecule has 0 aromatic heterocycles. The van der Waals surface area contributed by atoms with Crippen LogP contribution in [-0.2, 0) is 9.53 Å². The lowest BCUT2D eigenvalue weighted by atomic mass is 9.96. The van der Waals surface area contributed by atoms with Gasteiger partial charge in [0.2, 0.25) is 5.91 Å². The van der Waals surface area contributed by atoms with Crippen molar-refractivity contribution in [3.05, 3.63) is 35.9 Å². The molecule has 1 aromatic rings. The minimum atomic E-state index is -0.121. The molecule has 6 heteroatoms. The molecule has 3 rings (SSSR count). The van der Waals surface area contributed by atoms with Crippen LogP contribution in [0.5, 0.6) is 0 Å². The van der Waals surface area contributed by atoms with Crippen LogP contribution in [0.25, 0.3) is 0 Å². The van der Waals surface area contributed by atoms with Gasteiger partial charge in [0, 0.05) is 44.8 Å². The zero-order valence-corrected chi connectivity index (χ0v) is 16.4. The number of carbonyl (C=O) groups is 2. The summed E-state index contributed by atoms with van der Waals surface area (Å²) in [5.74, 6) is -0.0377. The van der Waals surface area contributed by atoms with E-state index in [0.29, 0.717) is 18.7 Å². The Balaban J connectivity index is 1.45. The predicted octanol–water partition coefficient (Wildman–Crippen LogP) is 1.77. The van der Waals surface area contributed by atoms with Gasteiger partial charge in [-0.1, -0.05) is 18.2 Å². The highest BCUT2D eigenvalue weighted by Gasteiger charge is 2.29. The number of piperidine rings is 1. The monoisotopic (exact) mass is 373 g/mol. The predicted molar refractivity (Wildman–Crippen MR) is 105 cm³/mol. The molecule has 1 N–H and O–H groups in total. The molecule has 6 nitrogen and oxygen atoms in total. The van der Waals surface area contributed by atoms with Crippen LogP contribution in [0.15, 0.2) is 30.3 Å². The summed E-state index contributed by atoms with van der Waals surface area (Å²) in [4.78, 5) is 29.3. The van der Waals surface area contributed by atoms with Gasteiger partial charge < -0.3 is 15.0 Å². The van der Waals surface area contributed by atoms with Gasteiger partial charge in [-0.2, -0.15) is 0 Å². The van der Waals surface area contributed by atoms with Crippen molar-refractivity contribution in [2.45, 2.75) is 32.3 Å². The lowest BCUT2D eigenvalue weighted by Gasteiger charge is -2.38. The number of benzene rings is 1. The minimum Gasteiger partial charge on any atom is -0.373 e. The van der Waals surface area contributed by atoms with Gasteiger partial charge in [0.15, 0.2) is 0 Å². The minimum absolute atomic E-state index is 0.0173. The summed E-state index contributed by atoms with van der Waals surface area (Å²) in [5.41, 5.74) is 0.567. The average Bonchev–Trinajstić information content (AvgIpc) is 2.67. The number of morpholine rings is 1. The van der Waals surface area contributed by atoms with Gasteiger partial charge >= 0.3 is 0 Å². The highest BCUT2D eigenvalue weighted by Crippen LogP contribution is 2.19. The van der Waals surface area contributed by atoms with Crippen molar-refractivity contribution in [1.82, 2.24) is 15.1 Å². The van der Waals surface area contributed by atoms with Crippen molar-refractivity contribution in [2.24, 2.45) is 5.92 Å². The number of rotatable bonds is 5. The van der Waals surface area contributed by atoms with Crippen molar-refractivity contribution in [2.75, 3.05) is 45.9 Å². The molecule has 1 atom stereocenters. The molecule has 2 aliphatic heterocycles. The standard InChI is InChI=1S/C21H31N3O3/c1-21(2)16-23(13-14-27-21)12-10-22-19(25)18-9-6-11-24(15-18)20(26)17-7-4-3-5-8-17/h3-5,7-8,18H,6,9-16H2,1-2H3,(H,22,25). The van der Waals surface area contributed by atoms with Gasteiger partial charge in [-0.15, -0.1) is 0 Å². The summed E-state index contributed by atoms with van der Waals surface area (Å²) in [7, 11) is 0. The molecule has 2 aliphatic rings. The van der Waals surface area contributed by atoms with Gasteiger partial charge in [0.05, 0.1) is 18.1 Å². The van der Waals surface area contributed by atoms with Gasteiger partial charge in [-0.25, -0.2) is 0 Å². The molecule has 2 amide bonds. The SMILES string of the molecule is CC1(C)CN(CCNC(=O)C2CCCN(C(=O)c3ccccc3)C2)CCO1. The summed E-state index contributed by atoms with van der Waals surface area (Å²) in [5, 5.41) is 3.07. The highest BCUT2D eigenvalue weighted by atomic mass is 16.5. The molecule has 2 saturated heterocycles. The van der Waals surface area contributed by atoms with Crippen LogP contribution in [0.3, 0.4) is 0 Å². The number of nitrogens with zero attached hydrogens (tertiary/aromatic N) is 2. The number of nitrogens with one attached hydrogen (secondary N) is 1. The third-order valence-electron chi connectivity index (χ3n) is 5.33. The Bertz CT molecular complexity index is 647. The summed E-state index contributed by atoms with van der Waals surface area (Å²) in [6.45, 7) is 9.41. The first-order valence-corrected chi connectivity index (χ1v) is 9.93. The van der Waals surface area contributed by atoms with E-state index in [2.05, 4.69) is 24.1 Å². The third-order valence-corrected chi connectivity index (χ3v) is 5.33. The van der Waals surface area contributed by atoms with Crippen LogP contribution in [-0.4, -0.2) is 73.1 Å². The average molecular weight is 373 g/mol. The molecular formula is C21H31N3O3. The molecule has 0 aliphatic carbocycles. The summed E-state index contributed by atoms with van der Waals surface area (Å²) >= 11 is 0. The second-order valence-electron chi connectivity index (χ2n) is 8.13. The first-order valence-electron chi connectivity index (χ1n) is 9.93. The van der Waals surface area contributed by atoms with E-state index in [4.69, 9.17) is 4.74 Å². The van der Waals surface area contributed by atoms with Gasteiger partial charge in [-0.05, 0) is 38.8 Å². The van der Waals surface area contributed by atoms with E-state index in [1.165, 1.54) is 0 Å². The molecule has 0 radical (unpaired) electrons. The Kier molecular flexibility index (Phi) is 6.50. The largest absolute Gasteiger partial charge is 0.373 e. The number of hydrogen-bond donors (Lipinski definition) is 1. The summed E-state index contributed by atoms with van der Waals surface area (Å²) in [6, 6.07) is 9.30. The fourth-order valence-electron chi connectivity index (χ4n) is 3.93. The van der Waals surface area contributed by atoms with E-state index >= 15 is 0 Å². The smallest absolute Gasteiger partial charge is 0.253 e. The maximum absolute atomic E-state index is 12.6.